The van der Waals surface area contributed by atoms with E-state index in [0.717, 1.165) is 45.6 Å². The van der Waals surface area contributed by atoms with Crippen LogP contribution in [0.4, 0.5) is 0 Å². The van der Waals surface area contributed by atoms with Gasteiger partial charge in [-0.15, -0.1) is 0 Å². The van der Waals surface area contributed by atoms with Crippen LogP contribution < -0.4 is 10.1 Å². The van der Waals surface area contributed by atoms with Crippen molar-refractivity contribution < 1.29 is 14.3 Å². The summed E-state index contributed by atoms with van der Waals surface area (Å²) in [6, 6.07) is 7.13. The normalized spacial score (nSPS) is 20.9. The van der Waals surface area contributed by atoms with Gasteiger partial charge in [0, 0.05) is 24.7 Å². The molecule has 2 fully saturated rings. The third-order valence-electron chi connectivity index (χ3n) is 5.11. The molecule has 0 bridgehead atoms. The lowest BCUT2D eigenvalue weighted by molar-refractivity contribution is -0.147. The molecule has 26 heavy (non-hydrogen) atoms. The average Bonchev–Trinajstić information content (AvgIpc) is 3.45. The summed E-state index contributed by atoms with van der Waals surface area (Å²) < 4.78 is 11.1. The van der Waals surface area contributed by atoms with E-state index < -0.39 is 5.60 Å². The number of piperidine rings is 1. The van der Waals surface area contributed by atoms with Gasteiger partial charge >= 0.3 is 0 Å². The standard InChI is InChI=1S/C20H29ClN2O3/c1-20(2,26-17-5-3-16(21)4-6-17)19(24)23-11-8-15(9-12-23)7-10-22-13-18-14-25-18/h3-6,15,18,22H,7-14H2,1-2H3. The number of halogens is 1. The molecule has 5 nitrogen and oxygen atoms in total. The molecular formula is C20H29ClN2O3. The van der Waals surface area contributed by atoms with Gasteiger partial charge in [0.15, 0.2) is 5.60 Å². The first-order valence-corrected chi connectivity index (χ1v) is 9.88. The molecule has 0 saturated carbocycles. The second-order valence-electron chi connectivity index (χ2n) is 7.75. The number of benzene rings is 1. The van der Waals surface area contributed by atoms with Crippen molar-refractivity contribution in [2.24, 2.45) is 5.92 Å². The van der Waals surface area contributed by atoms with Crippen LogP contribution in [0.25, 0.3) is 0 Å². The minimum atomic E-state index is -0.882. The van der Waals surface area contributed by atoms with Gasteiger partial charge in [-0.25, -0.2) is 0 Å². The molecule has 1 N–H and O–H groups in total. The van der Waals surface area contributed by atoms with E-state index in [9.17, 15) is 4.79 Å². The van der Waals surface area contributed by atoms with E-state index in [1.807, 2.05) is 18.7 Å². The van der Waals surface area contributed by atoms with E-state index in [0.29, 0.717) is 22.8 Å². The zero-order chi connectivity index (χ0) is 18.6. The summed E-state index contributed by atoms with van der Waals surface area (Å²) in [5.74, 6) is 1.40. The van der Waals surface area contributed by atoms with E-state index in [-0.39, 0.29) is 5.91 Å². The summed E-state index contributed by atoms with van der Waals surface area (Å²) in [5, 5.41) is 4.10. The van der Waals surface area contributed by atoms with Crippen molar-refractivity contribution in [1.29, 1.82) is 0 Å². The first-order chi connectivity index (χ1) is 12.4. The highest BCUT2D eigenvalue weighted by Gasteiger charge is 2.36. The summed E-state index contributed by atoms with van der Waals surface area (Å²) in [5.41, 5.74) is -0.882. The quantitative estimate of drug-likeness (QED) is 0.556. The van der Waals surface area contributed by atoms with E-state index in [1.165, 1.54) is 6.42 Å². The molecule has 144 valence electrons. The van der Waals surface area contributed by atoms with Crippen LogP contribution in [-0.2, 0) is 9.53 Å². The Labute approximate surface area is 161 Å². The molecule has 2 aliphatic rings. The predicted octanol–water partition coefficient (Wildman–Crippen LogP) is 3.11. The molecule has 1 aromatic rings. The highest BCUT2D eigenvalue weighted by molar-refractivity contribution is 6.30. The number of nitrogens with one attached hydrogen (secondary N) is 1. The molecule has 1 atom stereocenters. The fourth-order valence-corrected chi connectivity index (χ4v) is 3.53. The minimum absolute atomic E-state index is 0.0508. The zero-order valence-electron chi connectivity index (χ0n) is 15.7. The Morgan fingerprint density at radius 2 is 1.96 bits per heavy atom. The van der Waals surface area contributed by atoms with Crippen molar-refractivity contribution in [1.82, 2.24) is 10.2 Å². The number of amides is 1. The molecule has 1 unspecified atom stereocenters. The monoisotopic (exact) mass is 380 g/mol. The zero-order valence-corrected chi connectivity index (χ0v) is 16.4. The van der Waals surface area contributed by atoms with Crippen LogP contribution in [0.3, 0.4) is 0 Å². The molecule has 2 aliphatic heterocycles. The molecule has 0 aliphatic carbocycles. The number of hydrogen-bond acceptors (Lipinski definition) is 4. The van der Waals surface area contributed by atoms with Gasteiger partial charge in [-0.3, -0.25) is 4.79 Å². The van der Waals surface area contributed by atoms with Crippen LogP contribution in [-0.4, -0.2) is 55.3 Å². The summed E-state index contributed by atoms with van der Waals surface area (Å²) >= 11 is 5.90. The average molecular weight is 381 g/mol. The Kier molecular flexibility index (Phi) is 6.43. The van der Waals surface area contributed by atoms with Gasteiger partial charge in [0.05, 0.1) is 12.7 Å². The third-order valence-corrected chi connectivity index (χ3v) is 5.36. The maximum Gasteiger partial charge on any atom is 0.266 e. The Bertz CT molecular complexity index is 594. The fourth-order valence-electron chi connectivity index (χ4n) is 3.40. The van der Waals surface area contributed by atoms with Crippen molar-refractivity contribution in [3.8, 4) is 5.75 Å². The van der Waals surface area contributed by atoms with Gasteiger partial charge in [-0.2, -0.15) is 0 Å². The Morgan fingerprint density at radius 3 is 2.58 bits per heavy atom. The fraction of sp³-hybridized carbons (Fsp3) is 0.650. The number of rotatable bonds is 8. The van der Waals surface area contributed by atoms with Crippen LogP contribution in [0.5, 0.6) is 5.75 Å². The number of likely N-dealkylation sites (tertiary alicyclic amines) is 1. The molecule has 1 amide bonds. The van der Waals surface area contributed by atoms with E-state index in [1.54, 1.807) is 24.3 Å². The van der Waals surface area contributed by atoms with Crippen LogP contribution in [0.15, 0.2) is 24.3 Å². The number of hydrogen-bond donors (Lipinski definition) is 1. The van der Waals surface area contributed by atoms with Crippen LogP contribution in [0.2, 0.25) is 5.02 Å². The first-order valence-electron chi connectivity index (χ1n) is 9.50. The molecule has 1 aromatic carbocycles. The SMILES string of the molecule is CC(C)(Oc1ccc(Cl)cc1)C(=O)N1CCC(CCNCC2CO2)CC1. The molecule has 6 heteroatoms. The molecule has 3 rings (SSSR count). The number of carbonyl (C=O) groups is 1. The smallest absolute Gasteiger partial charge is 0.266 e. The summed E-state index contributed by atoms with van der Waals surface area (Å²) in [6.45, 7) is 8.18. The second kappa shape index (κ2) is 8.59. The lowest BCUT2D eigenvalue weighted by Gasteiger charge is -2.37. The van der Waals surface area contributed by atoms with E-state index in [2.05, 4.69) is 5.32 Å². The van der Waals surface area contributed by atoms with Gasteiger partial charge < -0.3 is 19.7 Å². The van der Waals surface area contributed by atoms with Gasteiger partial charge in [0.25, 0.3) is 5.91 Å². The van der Waals surface area contributed by atoms with Gasteiger partial charge in [-0.1, -0.05) is 11.6 Å². The van der Waals surface area contributed by atoms with Gasteiger partial charge in [-0.05, 0) is 69.8 Å². The number of ether oxygens (including phenoxy) is 2. The Morgan fingerprint density at radius 1 is 1.31 bits per heavy atom. The topological polar surface area (TPSA) is 54.1 Å². The van der Waals surface area contributed by atoms with Crippen molar-refractivity contribution in [2.45, 2.75) is 44.8 Å². The van der Waals surface area contributed by atoms with Crippen LogP contribution >= 0.6 is 11.6 Å². The molecule has 2 saturated heterocycles. The molecule has 0 aromatic heterocycles. The predicted molar refractivity (Wildman–Crippen MR) is 103 cm³/mol. The third kappa shape index (κ3) is 5.60. The maximum absolute atomic E-state index is 12.9. The summed E-state index contributed by atoms with van der Waals surface area (Å²) in [6.07, 6.45) is 3.73. The first kappa shape index (κ1) is 19.5. The molecular weight excluding hydrogens is 352 g/mol. The van der Waals surface area contributed by atoms with Crippen molar-refractivity contribution in [2.75, 3.05) is 32.8 Å². The number of nitrogens with zero attached hydrogens (tertiary/aromatic N) is 1. The molecule has 0 spiro atoms. The molecule has 0 radical (unpaired) electrons. The summed E-state index contributed by atoms with van der Waals surface area (Å²) in [4.78, 5) is 14.8. The lowest BCUT2D eigenvalue weighted by atomic mass is 9.92. The van der Waals surface area contributed by atoms with Crippen LogP contribution in [0, 0.1) is 5.92 Å². The Balaban J connectivity index is 1.41. The number of epoxide rings is 1. The van der Waals surface area contributed by atoms with Crippen LogP contribution in [0.1, 0.15) is 33.1 Å². The van der Waals surface area contributed by atoms with E-state index in [4.69, 9.17) is 21.1 Å². The maximum atomic E-state index is 12.9. The Hall–Kier alpha value is -1.30. The summed E-state index contributed by atoms with van der Waals surface area (Å²) in [7, 11) is 0. The lowest BCUT2D eigenvalue weighted by Crippen LogP contribution is -2.51. The van der Waals surface area contributed by atoms with Gasteiger partial charge in [0.1, 0.15) is 5.75 Å². The number of carbonyl (C=O) groups excluding carboxylic acids is 1. The highest BCUT2D eigenvalue weighted by Crippen LogP contribution is 2.26. The van der Waals surface area contributed by atoms with Gasteiger partial charge in [0.2, 0.25) is 0 Å². The van der Waals surface area contributed by atoms with Crippen molar-refractivity contribution in [3.63, 3.8) is 0 Å². The largest absolute Gasteiger partial charge is 0.478 e. The van der Waals surface area contributed by atoms with E-state index >= 15 is 0 Å². The second-order valence-corrected chi connectivity index (χ2v) is 8.19. The highest BCUT2D eigenvalue weighted by atomic mass is 35.5. The van der Waals surface area contributed by atoms with Crippen molar-refractivity contribution in [3.05, 3.63) is 29.3 Å². The minimum Gasteiger partial charge on any atom is -0.478 e. The van der Waals surface area contributed by atoms with Crippen molar-refractivity contribution >= 4 is 17.5 Å². The molecule has 2 heterocycles.